The molecule has 7 aromatic rings. The van der Waals surface area contributed by atoms with Crippen LogP contribution in [0, 0.1) is 29.2 Å². The predicted octanol–water partition coefficient (Wildman–Crippen LogP) is 8.01. The Morgan fingerprint density at radius 3 is 2.39 bits per heavy atom. The van der Waals surface area contributed by atoms with Crippen molar-refractivity contribution in [2.24, 2.45) is 13.0 Å². The van der Waals surface area contributed by atoms with Gasteiger partial charge in [0, 0.05) is 36.6 Å². The first-order valence-corrected chi connectivity index (χ1v) is 21.5. The maximum absolute atomic E-state index is 15.5. The van der Waals surface area contributed by atoms with Crippen LogP contribution in [-0.4, -0.2) is 54.7 Å². The molecular weight excluding hydrogens is 925 g/mol. The molecule has 13 nitrogen and oxygen atoms in total. The van der Waals surface area contributed by atoms with E-state index in [1.807, 2.05) is 0 Å². The van der Waals surface area contributed by atoms with Crippen LogP contribution in [0.15, 0.2) is 59.4 Å². The molecular formula is C40H27Cl2F8N9O4S. The number of fused-ring (bicyclic) bond motifs is 5. The number of benzene rings is 3. The van der Waals surface area contributed by atoms with E-state index in [0.29, 0.717) is 10.7 Å². The Bertz CT molecular complexity index is 3310. The fourth-order valence-electron chi connectivity index (χ4n) is 8.33. The van der Waals surface area contributed by atoms with Crippen molar-refractivity contribution in [1.29, 1.82) is 0 Å². The standard InChI is InChI=1S/C40H27Cl2F8N9O4S/c1-57-33-26(8-5-22(41)29(33)37(55-57)56-64(2,62)63)59-38(53-36-19(39(59)61)4-7-24(52-36)18-3-6-23(45)30(42)31(18)46)25(11-15-9-16(43)12-17(44)10-15)51-27(60)14-58-34-28(32(54-58)35(47)48)20-13-21(20)40(34,49)50/h3-10,12,20-21,25,35H,11,13-14H2,1-2H3,(H,51,60)(H,55,56)/t20?,21?,25-/m0/s1. The number of nitrogens with one attached hydrogen (secondary N) is 2. The highest BCUT2D eigenvalue weighted by Crippen LogP contribution is 2.68. The van der Waals surface area contributed by atoms with Crippen LogP contribution in [0.3, 0.4) is 0 Å². The zero-order valence-electron chi connectivity index (χ0n) is 32.6. The van der Waals surface area contributed by atoms with Gasteiger partial charge in [0.2, 0.25) is 15.9 Å². The second kappa shape index (κ2) is 15.3. The maximum Gasteiger partial charge on any atom is 0.293 e. The minimum atomic E-state index is -3.97. The summed E-state index contributed by atoms with van der Waals surface area (Å²) in [4.78, 5) is 38.0. The summed E-state index contributed by atoms with van der Waals surface area (Å²) < 4.78 is 148. The Labute approximate surface area is 364 Å². The monoisotopic (exact) mass is 951 g/mol. The van der Waals surface area contributed by atoms with Gasteiger partial charge in [0.15, 0.2) is 17.3 Å². The number of halogens is 10. The lowest BCUT2D eigenvalue weighted by Crippen LogP contribution is -2.38. The Balaban J connectivity index is 1.27. The lowest BCUT2D eigenvalue weighted by molar-refractivity contribution is -0.123. The Morgan fingerprint density at radius 1 is 0.984 bits per heavy atom. The molecule has 1 saturated carbocycles. The molecule has 64 heavy (non-hydrogen) atoms. The minimum Gasteiger partial charge on any atom is -0.344 e. The summed E-state index contributed by atoms with van der Waals surface area (Å²) in [5.41, 5.74) is -4.23. The zero-order valence-corrected chi connectivity index (χ0v) is 34.9. The molecule has 1 fully saturated rings. The van der Waals surface area contributed by atoms with E-state index in [-0.39, 0.29) is 61.6 Å². The van der Waals surface area contributed by atoms with Crippen molar-refractivity contribution < 1.29 is 48.3 Å². The number of nitrogens with zero attached hydrogens (tertiary/aromatic N) is 7. The largest absolute Gasteiger partial charge is 0.344 e. The highest BCUT2D eigenvalue weighted by molar-refractivity contribution is 7.92. The molecule has 9 rings (SSSR count). The van der Waals surface area contributed by atoms with Crippen molar-refractivity contribution >= 4 is 66.9 Å². The van der Waals surface area contributed by atoms with E-state index in [1.165, 1.54) is 36.0 Å². The number of amides is 1. The van der Waals surface area contributed by atoms with Crippen LogP contribution in [0.4, 0.5) is 40.9 Å². The van der Waals surface area contributed by atoms with Gasteiger partial charge in [-0.15, -0.1) is 0 Å². The van der Waals surface area contributed by atoms with Gasteiger partial charge in [-0.3, -0.25) is 28.2 Å². The molecule has 3 aromatic carbocycles. The highest BCUT2D eigenvalue weighted by atomic mass is 35.5. The summed E-state index contributed by atoms with van der Waals surface area (Å²) in [6, 6.07) is 7.60. The Morgan fingerprint density at radius 2 is 1.70 bits per heavy atom. The molecule has 1 amide bonds. The van der Waals surface area contributed by atoms with Gasteiger partial charge in [0.05, 0.1) is 45.0 Å². The molecule has 0 radical (unpaired) electrons. The van der Waals surface area contributed by atoms with Gasteiger partial charge in [0.1, 0.15) is 46.2 Å². The summed E-state index contributed by atoms with van der Waals surface area (Å²) in [6.45, 7) is -1.07. The molecule has 332 valence electrons. The second-order valence-electron chi connectivity index (χ2n) is 15.3. The van der Waals surface area contributed by atoms with E-state index in [0.717, 1.165) is 35.1 Å². The number of anilines is 1. The van der Waals surface area contributed by atoms with Crippen LogP contribution < -0.4 is 15.6 Å². The highest BCUT2D eigenvalue weighted by Gasteiger charge is 2.67. The lowest BCUT2D eigenvalue weighted by atomic mass is 10.0. The first-order valence-electron chi connectivity index (χ1n) is 18.8. The number of aryl methyl sites for hydroxylation is 1. The van der Waals surface area contributed by atoms with E-state index >= 15 is 13.2 Å². The molecule has 0 bridgehead atoms. The van der Waals surface area contributed by atoms with Crippen LogP contribution in [0.5, 0.6) is 0 Å². The number of carbonyl (C=O) groups is 1. The second-order valence-corrected chi connectivity index (χ2v) is 17.9. The molecule has 4 heterocycles. The van der Waals surface area contributed by atoms with E-state index in [4.69, 9.17) is 23.2 Å². The third kappa shape index (κ3) is 7.29. The average Bonchev–Trinajstić information content (AvgIpc) is 3.75. The maximum atomic E-state index is 15.5. The fraction of sp³-hybridized carbons (Fsp3) is 0.250. The molecule has 3 atom stereocenters. The SMILES string of the molecule is Cn1nc(NS(C)(=O)=O)c2c(Cl)ccc(-n3c([C@H](Cc4cc(F)cc(F)c4)NC(=O)Cn4nc(C(F)F)c5c4C(F)(F)C4CC54)nc4nc(-c5ccc(F)c(Cl)c5F)ccc4c3=O)c21. The third-order valence-corrected chi connectivity index (χ3v) is 12.2. The van der Waals surface area contributed by atoms with Crippen LogP contribution >= 0.6 is 23.2 Å². The zero-order chi connectivity index (χ0) is 45.9. The lowest BCUT2D eigenvalue weighted by Gasteiger charge is -2.24. The third-order valence-electron chi connectivity index (χ3n) is 11.0. The van der Waals surface area contributed by atoms with Gasteiger partial charge < -0.3 is 5.32 Å². The number of carbonyl (C=O) groups excluding carboxylic acids is 1. The molecule has 2 aliphatic carbocycles. The van der Waals surface area contributed by atoms with Crippen LogP contribution in [0.2, 0.25) is 10.0 Å². The van der Waals surface area contributed by atoms with Crippen LogP contribution in [0.1, 0.15) is 53.1 Å². The van der Waals surface area contributed by atoms with Crippen molar-refractivity contribution in [1.82, 2.24) is 39.4 Å². The van der Waals surface area contributed by atoms with Crippen molar-refractivity contribution in [3.05, 3.63) is 127 Å². The number of pyridine rings is 1. The quantitative estimate of drug-likeness (QED) is 0.0976. The molecule has 0 spiro atoms. The smallest absolute Gasteiger partial charge is 0.293 e. The first-order chi connectivity index (χ1) is 30.1. The Hall–Kier alpha value is -6.13. The minimum absolute atomic E-state index is 0.00469. The van der Waals surface area contributed by atoms with Crippen molar-refractivity contribution in [3.8, 4) is 16.9 Å². The van der Waals surface area contributed by atoms with Crippen LogP contribution in [0.25, 0.3) is 38.9 Å². The molecule has 4 aromatic heterocycles. The fourth-order valence-corrected chi connectivity index (χ4v) is 9.24. The van der Waals surface area contributed by atoms with Crippen molar-refractivity contribution in [3.63, 3.8) is 0 Å². The van der Waals surface area contributed by atoms with E-state index < -0.39 is 116 Å². The molecule has 2 N–H and O–H groups in total. The van der Waals surface area contributed by atoms with E-state index in [9.17, 15) is 40.0 Å². The van der Waals surface area contributed by atoms with E-state index in [1.54, 1.807) is 0 Å². The van der Waals surface area contributed by atoms with Gasteiger partial charge in [0.25, 0.3) is 17.9 Å². The van der Waals surface area contributed by atoms with Gasteiger partial charge in [-0.2, -0.15) is 19.0 Å². The number of aromatic nitrogens is 7. The van der Waals surface area contributed by atoms with Crippen molar-refractivity contribution in [2.45, 2.75) is 43.7 Å². The average molecular weight is 953 g/mol. The Kier molecular flexibility index (Phi) is 10.3. The van der Waals surface area contributed by atoms with Gasteiger partial charge in [-0.25, -0.2) is 44.7 Å². The molecule has 2 aliphatic rings. The number of rotatable bonds is 11. The number of alkyl halides is 4. The van der Waals surface area contributed by atoms with Crippen molar-refractivity contribution in [2.75, 3.05) is 11.0 Å². The van der Waals surface area contributed by atoms with Gasteiger partial charge >= 0.3 is 0 Å². The number of hydrogen-bond donors (Lipinski definition) is 2. The van der Waals surface area contributed by atoms with Crippen LogP contribution in [-0.2, 0) is 40.8 Å². The predicted molar refractivity (Wildman–Crippen MR) is 216 cm³/mol. The summed E-state index contributed by atoms with van der Waals surface area (Å²) in [5.74, 6) is -12.0. The summed E-state index contributed by atoms with van der Waals surface area (Å²) in [6.07, 6.45) is -3.05. The first kappa shape index (κ1) is 43.1. The molecule has 0 aliphatic heterocycles. The van der Waals surface area contributed by atoms with Gasteiger partial charge in [-0.05, 0) is 66.4 Å². The summed E-state index contributed by atoms with van der Waals surface area (Å²) in [5, 5.41) is 9.31. The summed E-state index contributed by atoms with van der Waals surface area (Å²) in [7, 11) is -2.59. The number of sulfonamides is 1. The summed E-state index contributed by atoms with van der Waals surface area (Å²) >= 11 is 12.4. The topological polar surface area (TPSA) is 159 Å². The van der Waals surface area contributed by atoms with Gasteiger partial charge in [-0.1, -0.05) is 23.2 Å². The molecule has 0 saturated heterocycles. The normalized spacial score (nSPS) is 17.0. The molecule has 2 unspecified atom stereocenters. The van der Waals surface area contributed by atoms with E-state index in [2.05, 4.69) is 30.2 Å². The molecule has 24 heteroatoms. The number of hydrogen-bond acceptors (Lipinski definition) is 8.